The first-order valence-electron chi connectivity index (χ1n) is 6.63. The molecule has 0 unspecified atom stereocenters. The summed E-state index contributed by atoms with van der Waals surface area (Å²) in [6, 6.07) is 0. The lowest BCUT2D eigenvalue weighted by Gasteiger charge is -2.36. The maximum atomic E-state index is 11.8. The van der Waals surface area contributed by atoms with Crippen LogP contribution in [0, 0.1) is 23.7 Å². The molecule has 16 heavy (non-hydrogen) atoms. The smallest absolute Gasteiger partial charge is 0.312 e. The lowest BCUT2D eigenvalue weighted by molar-refractivity contribution is -0.147. The third kappa shape index (κ3) is 0.963. The van der Waals surface area contributed by atoms with Gasteiger partial charge in [0, 0.05) is 5.92 Å². The van der Waals surface area contributed by atoms with Crippen LogP contribution in [0.3, 0.4) is 0 Å². The van der Waals surface area contributed by atoms with Gasteiger partial charge in [-0.25, -0.2) is 0 Å². The number of hydrogen-bond donors (Lipinski definition) is 0. The molecule has 1 saturated carbocycles. The summed E-state index contributed by atoms with van der Waals surface area (Å²) in [7, 11) is 0. The predicted octanol–water partition coefficient (Wildman–Crippen LogP) is 1.75. The van der Waals surface area contributed by atoms with Crippen LogP contribution in [0.25, 0.3) is 0 Å². The number of carbonyl (C=O) groups is 1. The normalized spacial score (nSPS) is 58.3. The van der Waals surface area contributed by atoms with Crippen molar-refractivity contribution in [2.45, 2.75) is 50.9 Å². The van der Waals surface area contributed by atoms with E-state index in [9.17, 15) is 4.79 Å². The van der Waals surface area contributed by atoms with Crippen molar-refractivity contribution in [3.8, 4) is 0 Å². The molecule has 0 radical (unpaired) electrons. The third-order valence-corrected chi connectivity index (χ3v) is 5.30. The number of carbonyl (C=O) groups excluding carboxylic acids is 1. The van der Waals surface area contributed by atoms with Crippen LogP contribution in [0.1, 0.15) is 32.6 Å². The van der Waals surface area contributed by atoms with Crippen molar-refractivity contribution in [1.82, 2.24) is 0 Å². The summed E-state index contributed by atoms with van der Waals surface area (Å²) in [5, 5.41) is 0. The standard InChI is InChI=1S/C13H18O3/c1-6-9-10(13(14)15-6)12-8-5-3-2-4-7(8)11(9)16-12/h6-12H,2-5H2,1H3/t6-,7-,8+,9-,10+,11+,12-/m0/s1. The fourth-order valence-electron chi connectivity index (χ4n) is 4.73. The molecule has 4 aliphatic rings. The summed E-state index contributed by atoms with van der Waals surface area (Å²) in [4.78, 5) is 11.8. The van der Waals surface area contributed by atoms with Gasteiger partial charge in [0.25, 0.3) is 0 Å². The van der Waals surface area contributed by atoms with Gasteiger partial charge in [-0.15, -0.1) is 0 Å². The lowest BCUT2D eigenvalue weighted by Crippen LogP contribution is -2.42. The molecule has 3 heterocycles. The highest BCUT2D eigenvalue weighted by Crippen LogP contribution is 2.58. The summed E-state index contributed by atoms with van der Waals surface area (Å²) in [5.74, 6) is 1.81. The van der Waals surface area contributed by atoms with Gasteiger partial charge >= 0.3 is 5.97 Å². The van der Waals surface area contributed by atoms with Crippen LogP contribution in [0.2, 0.25) is 0 Å². The molecule has 2 bridgehead atoms. The second-order valence-electron chi connectivity index (χ2n) is 5.92. The highest BCUT2D eigenvalue weighted by Gasteiger charge is 2.66. The van der Waals surface area contributed by atoms with Crippen molar-refractivity contribution < 1.29 is 14.3 Å². The molecule has 4 fully saturated rings. The van der Waals surface area contributed by atoms with Crippen LogP contribution in [-0.4, -0.2) is 24.3 Å². The molecule has 3 saturated heterocycles. The van der Waals surface area contributed by atoms with Gasteiger partial charge in [-0.3, -0.25) is 4.79 Å². The largest absolute Gasteiger partial charge is 0.462 e. The molecule has 1 aliphatic carbocycles. The van der Waals surface area contributed by atoms with Gasteiger partial charge in [0.2, 0.25) is 0 Å². The predicted molar refractivity (Wildman–Crippen MR) is 56.6 cm³/mol. The lowest BCUT2D eigenvalue weighted by atomic mass is 9.63. The van der Waals surface area contributed by atoms with E-state index in [-0.39, 0.29) is 24.1 Å². The molecule has 0 spiro atoms. The minimum Gasteiger partial charge on any atom is -0.462 e. The molecule has 3 nitrogen and oxygen atoms in total. The van der Waals surface area contributed by atoms with E-state index in [4.69, 9.17) is 9.47 Å². The number of ether oxygens (including phenoxy) is 2. The molecular formula is C13H18O3. The van der Waals surface area contributed by atoms with E-state index in [0.29, 0.717) is 17.9 Å². The van der Waals surface area contributed by atoms with Crippen molar-refractivity contribution >= 4 is 5.97 Å². The highest BCUT2D eigenvalue weighted by molar-refractivity contribution is 5.77. The summed E-state index contributed by atoms with van der Waals surface area (Å²) in [5.41, 5.74) is 0. The topological polar surface area (TPSA) is 35.5 Å². The van der Waals surface area contributed by atoms with Crippen LogP contribution in [-0.2, 0) is 14.3 Å². The molecule has 0 amide bonds. The van der Waals surface area contributed by atoms with Crippen LogP contribution in [0.4, 0.5) is 0 Å². The van der Waals surface area contributed by atoms with Crippen molar-refractivity contribution in [2.75, 3.05) is 0 Å². The maximum absolute atomic E-state index is 11.8. The Morgan fingerprint density at radius 1 is 1.12 bits per heavy atom. The quantitative estimate of drug-likeness (QED) is 0.586. The SMILES string of the molecule is C[C@@H]1OC(=O)[C@H]2[C@H]3O[C@H]([C@H]4CCCC[C@H]43)[C@H]21. The minimum atomic E-state index is 0.00836. The van der Waals surface area contributed by atoms with Crippen LogP contribution in [0.15, 0.2) is 0 Å². The molecule has 7 atom stereocenters. The molecule has 0 aromatic heterocycles. The number of cyclic esters (lactones) is 1. The Balaban J connectivity index is 1.71. The van der Waals surface area contributed by atoms with E-state index < -0.39 is 0 Å². The van der Waals surface area contributed by atoms with Gasteiger partial charge in [0.05, 0.1) is 18.1 Å². The zero-order valence-corrected chi connectivity index (χ0v) is 9.59. The van der Waals surface area contributed by atoms with Crippen molar-refractivity contribution in [3.63, 3.8) is 0 Å². The van der Waals surface area contributed by atoms with Gasteiger partial charge in [0.1, 0.15) is 6.10 Å². The van der Waals surface area contributed by atoms with E-state index in [1.807, 2.05) is 6.92 Å². The zero-order chi connectivity index (χ0) is 10.9. The van der Waals surface area contributed by atoms with Crippen LogP contribution in [0.5, 0.6) is 0 Å². The Bertz CT molecular complexity index is 340. The average Bonchev–Trinajstić information content (AvgIpc) is 2.91. The zero-order valence-electron chi connectivity index (χ0n) is 9.59. The van der Waals surface area contributed by atoms with Crippen LogP contribution >= 0.6 is 0 Å². The fourth-order valence-corrected chi connectivity index (χ4v) is 4.73. The van der Waals surface area contributed by atoms with Crippen molar-refractivity contribution in [3.05, 3.63) is 0 Å². The Labute approximate surface area is 95.5 Å². The van der Waals surface area contributed by atoms with E-state index in [2.05, 4.69) is 0 Å². The van der Waals surface area contributed by atoms with Gasteiger partial charge < -0.3 is 9.47 Å². The Kier molecular flexibility index (Phi) is 1.78. The first-order valence-corrected chi connectivity index (χ1v) is 6.63. The Morgan fingerprint density at radius 2 is 1.81 bits per heavy atom. The van der Waals surface area contributed by atoms with E-state index in [0.717, 1.165) is 5.92 Å². The fraction of sp³-hybridized carbons (Fsp3) is 0.923. The van der Waals surface area contributed by atoms with E-state index in [1.54, 1.807) is 0 Å². The Morgan fingerprint density at radius 3 is 2.56 bits per heavy atom. The minimum absolute atomic E-state index is 0.00836. The van der Waals surface area contributed by atoms with E-state index in [1.165, 1.54) is 25.7 Å². The average molecular weight is 222 g/mol. The number of hydrogen-bond acceptors (Lipinski definition) is 3. The summed E-state index contributed by atoms with van der Waals surface area (Å²) < 4.78 is 11.5. The first-order chi connectivity index (χ1) is 7.77. The molecule has 3 aliphatic heterocycles. The molecule has 3 heteroatoms. The molecule has 88 valence electrons. The second-order valence-corrected chi connectivity index (χ2v) is 5.92. The number of rotatable bonds is 0. The van der Waals surface area contributed by atoms with Crippen molar-refractivity contribution in [1.29, 1.82) is 0 Å². The maximum Gasteiger partial charge on any atom is 0.312 e. The van der Waals surface area contributed by atoms with Gasteiger partial charge in [0.15, 0.2) is 0 Å². The Hall–Kier alpha value is -0.570. The molecule has 0 N–H and O–H groups in total. The molecular weight excluding hydrogens is 204 g/mol. The van der Waals surface area contributed by atoms with Crippen molar-refractivity contribution in [2.24, 2.45) is 23.7 Å². The highest BCUT2D eigenvalue weighted by atomic mass is 16.6. The van der Waals surface area contributed by atoms with Gasteiger partial charge in [-0.1, -0.05) is 12.8 Å². The molecule has 0 aromatic rings. The van der Waals surface area contributed by atoms with Gasteiger partial charge in [-0.2, -0.15) is 0 Å². The molecule has 0 aromatic carbocycles. The summed E-state index contributed by atoms with van der Waals surface area (Å²) >= 11 is 0. The molecule has 4 rings (SSSR count). The number of esters is 1. The van der Waals surface area contributed by atoms with E-state index >= 15 is 0 Å². The number of fused-ring (bicyclic) bond motifs is 8. The first kappa shape index (κ1) is 9.46. The second kappa shape index (κ2) is 3.00. The summed E-state index contributed by atoms with van der Waals surface area (Å²) in [6.45, 7) is 2.03. The van der Waals surface area contributed by atoms with Gasteiger partial charge in [-0.05, 0) is 31.6 Å². The third-order valence-electron chi connectivity index (χ3n) is 5.30. The van der Waals surface area contributed by atoms with Crippen LogP contribution < -0.4 is 0 Å². The monoisotopic (exact) mass is 222 g/mol. The summed E-state index contributed by atoms with van der Waals surface area (Å²) in [6.07, 6.45) is 5.81.